The number of hydrogen-bond donors (Lipinski definition) is 3. The normalized spacial score (nSPS) is 12.7. The largest absolute Gasteiger partial charge is 0.368 e. The Morgan fingerprint density at radius 1 is 1.04 bits per heavy atom. The van der Waals surface area contributed by atoms with Gasteiger partial charge in [-0.1, -0.05) is 46.3 Å². The third-order valence-corrected chi connectivity index (χ3v) is 4.84. The molecule has 6 nitrogen and oxygen atoms in total. The monoisotopic (exact) mass is 449 g/mol. The number of rotatable bonds is 8. The van der Waals surface area contributed by atoms with E-state index in [4.69, 9.17) is 5.73 Å². The van der Waals surface area contributed by atoms with Gasteiger partial charge in [-0.2, -0.15) is 0 Å². The number of carbonyl (C=O) groups is 3. The Balaban J connectivity index is 2.15. The summed E-state index contributed by atoms with van der Waals surface area (Å²) in [4.78, 5) is 36.1. The second kappa shape index (κ2) is 9.98. The predicted molar refractivity (Wildman–Crippen MR) is 107 cm³/mol. The average Bonchev–Trinajstić information content (AvgIpc) is 2.61. The Bertz CT molecular complexity index is 875. The number of primary amides is 1. The highest BCUT2D eigenvalue weighted by molar-refractivity contribution is 9.10. The molecule has 0 aliphatic heterocycles. The average molecular weight is 450 g/mol. The number of nitrogens with two attached hydrogens (primary N) is 1. The topological polar surface area (TPSA) is 101 Å². The van der Waals surface area contributed by atoms with Crippen molar-refractivity contribution in [1.29, 1.82) is 0 Å². The van der Waals surface area contributed by atoms with Crippen molar-refractivity contribution in [3.63, 3.8) is 0 Å². The van der Waals surface area contributed by atoms with Crippen LogP contribution in [0.3, 0.4) is 0 Å². The van der Waals surface area contributed by atoms with E-state index in [1.807, 2.05) is 24.3 Å². The first-order valence-electron chi connectivity index (χ1n) is 8.61. The molecule has 0 bridgehead atoms. The van der Waals surface area contributed by atoms with Crippen LogP contribution in [0.25, 0.3) is 0 Å². The number of amides is 3. The van der Waals surface area contributed by atoms with Gasteiger partial charge in [-0.3, -0.25) is 14.4 Å². The fourth-order valence-corrected chi connectivity index (χ4v) is 3.18. The Kier molecular flexibility index (Phi) is 7.69. The molecule has 28 heavy (non-hydrogen) atoms. The molecule has 0 fully saturated rings. The standard InChI is InChI=1S/C20H21BrFN3O3/c1-12(26)24-18(10-13-5-4-7-15(22)9-13)20(28)25-17(19(23)27)11-14-6-2-3-8-16(14)21/h2-9,17-18H,10-11H2,1H3,(H2,23,27)(H,24,26)(H,25,28)/t17-,18-/m0/s1. The van der Waals surface area contributed by atoms with Gasteiger partial charge >= 0.3 is 0 Å². The van der Waals surface area contributed by atoms with Crippen molar-refractivity contribution in [2.45, 2.75) is 31.8 Å². The summed E-state index contributed by atoms with van der Waals surface area (Å²) >= 11 is 3.40. The summed E-state index contributed by atoms with van der Waals surface area (Å²) in [5.41, 5.74) is 6.79. The van der Waals surface area contributed by atoms with Crippen LogP contribution in [0.1, 0.15) is 18.1 Å². The van der Waals surface area contributed by atoms with Crippen molar-refractivity contribution in [3.8, 4) is 0 Å². The second-order valence-electron chi connectivity index (χ2n) is 6.35. The molecular weight excluding hydrogens is 429 g/mol. The van der Waals surface area contributed by atoms with Gasteiger partial charge in [0.2, 0.25) is 17.7 Å². The van der Waals surface area contributed by atoms with E-state index in [9.17, 15) is 18.8 Å². The highest BCUT2D eigenvalue weighted by Gasteiger charge is 2.26. The molecule has 8 heteroatoms. The summed E-state index contributed by atoms with van der Waals surface area (Å²) in [6, 6.07) is 11.1. The van der Waals surface area contributed by atoms with Crippen molar-refractivity contribution in [2.75, 3.05) is 0 Å². The fourth-order valence-electron chi connectivity index (χ4n) is 2.73. The molecule has 0 unspecified atom stereocenters. The summed E-state index contributed by atoms with van der Waals surface area (Å²) < 4.78 is 14.2. The SMILES string of the molecule is CC(=O)N[C@@H](Cc1cccc(F)c1)C(=O)N[C@@H](Cc1ccccc1Br)C(N)=O. The van der Waals surface area contributed by atoms with Crippen molar-refractivity contribution in [2.24, 2.45) is 5.73 Å². The molecule has 0 heterocycles. The quantitative estimate of drug-likeness (QED) is 0.572. The van der Waals surface area contributed by atoms with E-state index >= 15 is 0 Å². The van der Waals surface area contributed by atoms with E-state index in [1.54, 1.807) is 6.07 Å². The minimum Gasteiger partial charge on any atom is -0.368 e. The number of nitrogens with one attached hydrogen (secondary N) is 2. The van der Waals surface area contributed by atoms with Crippen molar-refractivity contribution < 1.29 is 18.8 Å². The van der Waals surface area contributed by atoms with E-state index in [-0.39, 0.29) is 12.8 Å². The van der Waals surface area contributed by atoms with Crippen molar-refractivity contribution in [3.05, 3.63) is 69.9 Å². The number of benzene rings is 2. The molecule has 0 spiro atoms. The van der Waals surface area contributed by atoms with Crippen LogP contribution >= 0.6 is 15.9 Å². The van der Waals surface area contributed by atoms with Crippen LogP contribution in [-0.2, 0) is 27.2 Å². The van der Waals surface area contributed by atoms with Gasteiger partial charge in [-0.15, -0.1) is 0 Å². The van der Waals surface area contributed by atoms with Crippen LogP contribution in [0, 0.1) is 5.82 Å². The van der Waals surface area contributed by atoms with Gasteiger partial charge in [0, 0.05) is 24.2 Å². The van der Waals surface area contributed by atoms with Gasteiger partial charge in [0.25, 0.3) is 0 Å². The van der Waals surface area contributed by atoms with Gasteiger partial charge in [-0.25, -0.2) is 4.39 Å². The van der Waals surface area contributed by atoms with Gasteiger partial charge in [0.15, 0.2) is 0 Å². The predicted octanol–water partition coefficient (Wildman–Crippen LogP) is 1.85. The third-order valence-electron chi connectivity index (χ3n) is 4.06. The number of carbonyl (C=O) groups excluding carboxylic acids is 3. The van der Waals surface area contributed by atoms with Gasteiger partial charge in [0.05, 0.1) is 0 Å². The summed E-state index contributed by atoms with van der Waals surface area (Å²) in [6.45, 7) is 1.28. The molecule has 0 aromatic heterocycles. The zero-order valence-electron chi connectivity index (χ0n) is 15.2. The van der Waals surface area contributed by atoms with Crippen LogP contribution in [0.2, 0.25) is 0 Å². The molecule has 4 N–H and O–H groups in total. The highest BCUT2D eigenvalue weighted by atomic mass is 79.9. The molecule has 2 aromatic carbocycles. The molecular formula is C20H21BrFN3O3. The Morgan fingerprint density at radius 3 is 2.36 bits per heavy atom. The molecule has 0 saturated heterocycles. The van der Waals surface area contributed by atoms with E-state index in [0.717, 1.165) is 10.0 Å². The summed E-state index contributed by atoms with van der Waals surface area (Å²) in [5, 5.41) is 5.12. The molecule has 2 atom stereocenters. The molecule has 0 aliphatic rings. The lowest BCUT2D eigenvalue weighted by molar-refractivity contribution is -0.130. The molecule has 0 saturated carbocycles. The molecule has 0 aliphatic carbocycles. The van der Waals surface area contributed by atoms with E-state index in [0.29, 0.717) is 5.56 Å². The lowest BCUT2D eigenvalue weighted by atomic mass is 10.0. The van der Waals surface area contributed by atoms with Crippen LogP contribution in [0.15, 0.2) is 53.0 Å². The summed E-state index contributed by atoms with van der Waals surface area (Å²) in [5.74, 6) is -2.13. The zero-order valence-corrected chi connectivity index (χ0v) is 16.8. The molecule has 3 amide bonds. The lowest BCUT2D eigenvalue weighted by Crippen LogP contribution is -2.54. The Labute approximate surface area is 170 Å². The van der Waals surface area contributed by atoms with Gasteiger partial charge < -0.3 is 16.4 Å². The first-order valence-corrected chi connectivity index (χ1v) is 9.40. The molecule has 2 rings (SSSR count). The number of hydrogen-bond acceptors (Lipinski definition) is 3. The van der Waals surface area contributed by atoms with E-state index in [2.05, 4.69) is 26.6 Å². The first-order chi connectivity index (χ1) is 13.3. The minimum absolute atomic E-state index is 0.0731. The molecule has 2 aromatic rings. The van der Waals surface area contributed by atoms with E-state index in [1.165, 1.54) is 25.1 Å². The van der Waals surface area contributed by atoms with Crippen molar-refractivity contribution in [1.82, 2.24) is 10.6 Å². The third kappa shape index (κ3) is 6.45. The number of halogens is 2. The van der Waals surface area contributed by atoms with Crippen LogP contribution in [-0.4, -0.2) is 29.8 Å². The maximum Gasteiger partial charge on any atom is 0.243 e. The fraction of sp³-hybridized carbons (Fsp3) is 0.250. The first kappa shape index (κ1) is 21.6. The molecule has 148 valence electrons. The van der Waals surface area contributed by atoms with E-state index < -0.39 is 35.6 Å². The minimum atomic E-state index is -0.972. The van der Waals surface area contributed by atoms with Crippen LogP contribution < -0.4 is 16.4 Å². The van der Waals surface area contributed by atoms with Crippen LogP contribution in [0.5, 0.6) is 0 Å². The van der Waals surface area contributed by atoms with Gasteiger partial charge in [-0.05, 0) is 29.3 Å². The maximum atomic E-state index is 13.4. The van der Waals surface area contributed by atoms with Gasteiger partial charge in [0.1, 0.15) is 17.9 Å². The Morgan fingerprint density at radius 2 is 1.75 bits per heavy atom. The van der Waals surface area contributed by atoms with Crippen molar-refractivity contribution >= 4 is 33.7 Å². The summed E-state index contributed by atoms with van der Waals surface area (Å²) in [6.07, 6.45) is 0.263. The zero-order chi connectivity index (χ0) is 20.7. The Hall–Kier alpha value is -2.74. The van der Waals surface area contributed by atoms with Crippen LogP contribution in [0.4, 0.5) is 4.39 Å². The lowest BCUT2D eigenvalue weighted by Gasteiger charge is -2.22. The second-order valence-corrected chi connectivity index (χ2v) is 7.20. The smallest absolute Gasteiger partial charge is 0.243 e. The maximum absolute atomic E-state index is 13.4. The highest BCUT2D eigenvalue weighted by Crippen LogP contribution is 2.17. The summed E-state index contributed by atoms with van der Waals surface area (Å²) in [7, 11) is 0. The molecule has 0 radical (unpaired) electrons.